The van der Waals surface area contributed by atoms with Gasteiger partial charge >= 0.3 is 5.97 Å². The molecule has 0 aromatic heterocycles. The second kappa shape index (κ2) is 6.43. The Balaban J connectivity index is 1.85. The van der Waals surface area contributed by atoms with Crippen molar-refractivity contribution in [3.63, 3.8) is 0 Å². The van der Waals surface area contributed by atoms with Crippen molar-refractivity contribution in [2.75, 3.05) is 37.2 Å². The number of benzene rings is 1. The van der Waals surface area contributed by atoms with Crippen molar-refractivity contribution < 1.29 is 9.90 Å². The second-order valence-corrected chi connectivity index (χ2v) is 4.94. The first-order valence-corrected chi connectivity index (χ1v) is 6.76. The van der Waals surface area contributed by atoms with Gasteiger partial charge in [-0.05, 0) is 44.1 Å². The number of hydrogen-bond donors (Lipinski definition) is 3. The standard InChI is InChI=1S/C14H21N3O2/c15-13-5-4-11(10-12(13)14(18)19)16-6-9-17-7-2-1-3-8-17/h4-5,10,16H,1-3,6-9,15H2,(H,18,19). The van der Waals surface area contributed by atoms with E-state index >= 15 is 0 Å². The molecule has 0 radical (unpaired) electrons. The van der Waals surface area contributed by atoms with Crippen molar-refractivity contribution in [1.82, 2.24) is 4.90 Å². The Bertz CT molecular complexity index is 442. The van der Waals surface area contributed by atoms with Crippen LogP contribution in [0.25, 0.3) is 0 Å². The predicted octanol–water partition coefficient (Wildman–Crippen LogP) is 1.86. The molecule has 5 heteroatoms. The molecule has 1 fully saturated rings. The molecule has 1 saturated heterocycles. The Kier molecular flexibility index (Phi) is 4.63. The first-order valence-electron chi connectivity index (χ1n) is 6.76. The van der Waals surface area contributed by atoms with Crippen LogP contribution in [-0.2, 0) is 0 Å². The summed E-state index contributed by atoms with van der Waals surface area (Å²) < 4.78 is 0. The fraction of sp³-hybridized carbons (Fsp3) is 0.500. The van der Waals surface area contributed by atoms with Crippen LogP contribution in [0.15, 0.2) is 18.2 Å². The molecule has 0 unspecified atom stereocenters. The van der Waals surface area contributed by atoms with Gasteiger partial charge in [-0.25, -0.2) is 4.79 Å². The number of hydrogen-bond acceptors (Lipinski definition) is 4. The van der Waals surface area contributed by atoms with Crippen molar-refractivity contribution in [3.8, 4) is 0 Å². The minimum absolute atomic E-state index is 0.156. The van der Waals surface area contributed by atoms with E-state index in [-0.39, 0.29) is 5.56 Å². The van der Waals surface area contributed by atoms with E-state index in [9.17, 15) is 4.79 Å². The molecule has 0 spiro atoms. The zero-order chi connectivity index (χ0) is 13.7. The average Bonchev–Trinajstić information content (AvgIpc) is 2.41. The van der Waals surface area contributed by atoms with Crippen molar-refractivity contribution >= 4 is 17.3 Å². The monoisotopic (exact) mass is 263 g/mol. The van der Waals surface area contributed by atoms with Crippen molar-refractivity contribution in [2.24, 2.45) is 0 Å². The number of likely N-dealkylation sites (tertiary alicyclic amines) is 1. The smallest absolute Gasteiger partial charge is 0.337 e. The molecular formula is C14H21N3O2. The lowest BCUT2D eigenvalue weighted by atomic mass is 10.1. The van der Waals surface area contributed by atoms with Gasteiger partial charge in [0.25, 0.3) is 0 Å². The Morgan fingerprint density at radius 3 is 2.74 bits per heavy atom. The zero-order valence-corrected chi connectivity index (χ0v) is 11.1. The minimum atomic E-state index is -0.989. The quantitative estimate of drug-likeness (QED) is 0.707. The van der Waals surface area contributed by atoms with Gasteiger partial charge in [0.2, 0.25) is 0 Å². The molecule has 1 aromatic rings. The number of aromatic carboxylic acids is 1. The number of nitrogens with two attached hydrogens (primary N) is 1. The lowest BCUT2D eigenvalue weighted by Gasteiger charge is -2.26. The maximum absolute atomic E-state index is 11.0. The number of carbonyl (C=O) groups is 1. The third-order valence-corrected chi connectivity index (χ3v) is 3.49. The van der Waals surface area contributed by atoms with Gasteiger partial charge < -0.3 is 21.1 Å². The third-order valence-electron chi connectivity index (χ3n) is 3.49. The Morgan fingerprint density at radius 2 is 2.05 bits per heavy atom. The molecular weight excluding hydrogens is 242 g/mol. The van der Waals surface area contributed by atoms with Crippen LogP contribution in [0.1, 0.15) is 29.6 Å². The Labute approximate surface area is 113 Å². The first-order chi connectivity index (χ1) is 9.16. The van der Waals surface area contributed by atoms with Gasteiger partial charge in [-0.1, -0.05) is 6.42 Å². The number of nitrogen functional groups attached to an aromatic ring is 1. The number of piperidine rings is 1. The first kappa shape index (κ1) is 13.7. The summed E-state index contributed by atoms with van der Waals surface area (Å²) in [6.45, 7) is 4.16. The van der Waals surface area contributed by atoms with Gasteiger partial charge in [-0.15, -0.1) is 0 Å². The number of rotatable bonds is 5. The summed E-state index contributed by atoms with van der Waals surface area (Å²) in [5.41, 5.74) is 6.88. The van der Waals surface area contributed by atoms with Crippen LogP contribution < -0.4 is 11.1 Å². The molecule has 4 N–H and O–H groups in total. The molecule has 1 aliphatic heterocycles. The van der Waals surface area contributed by atoms with Gasteiger partial charge in [-0.3, -0.25) is 0 Å². The lowest BCUT2D eigenvalue weighted by molar-refractivity contribution is 0.0698. The molecule has 0 amide bonds. The molecule has 0 saturated carbocycles. The normalized spacial score (nSPS) is 16.2. The van der Waals surface area contributed by atoms with Crippen molar-refractivity contribution in [3.05, 3.63) is 23.8 Å². The van der Waals surface area contributed by atoms with Crippen LogP contribution in [0, 0.1) is 0 Å². The molecule has 0 aliphatic carbocycles. The van der Waals surface area contributed by atoms with Crippen LogP contribution in [0.5, 0.6) is 0 Å². The Morgan fingerprint density at radius 1 is 1.32 bits per heavy atom. The van der Waals surface area contributed by atoms with Gasteiger partial charge in [-0.2, -0.15) is 0 Å². The van der Waals surface area contributed by atoms with E-state index in [1.54, 1.807) is 12.1 Å². The highest BCUT2D eigenvalue weighted by Crippen LogP contribution is 2.17. The van der Waals surface area contributed by atoms with E-state index < -0.39 is 5.97 Å². The van der Waals surface area contributed by atoms with E-state index in [2.05, 4.69) is 10.2 Å². The molecule has 5 nitrogen and oxygen atoms in total. The maximum atomic E-state index is 11.0. The van der Waals surface area contributed by atoms with E-state index in [4.69, 9.17) is 10.8 Å². The molecule has 0 atom stereocenters. The SMILES string of the molecule is Nc1ccc(NCCN2CCCCC2)cc1C(=O)O. The van der Waals surface area contributed by atoms with E-state index in [1.807, 2.05) is 6.07 Å². The lowest BCUT2D eigenvalue weighted by Crippen LogP contribution is -2.33. The van der Waals surface area contributed by atoms with Crippen LogP contribution in [-0.4, -0.2) is 42.2 Å². The fourth-order valence-corrected chi connectivity index (χ4v) is 2.39. The van der Waals surface area contributed by atoms with Gasteiger partial charge in [0.15, 0.2) is 0 Å². The van der Waals surface area contributed by atoms with Crippen LogP contribution in [0.3, 0.4) is 0 Å². The predicted molar refractivity (Wildman–Crippen MR) is 76.6 cm³/mol. The number of nitrogens with zero attached hydrogens (tertiary/aromatic N) is 1. The number of nitrogens with one attached hydrogen (secondary N) is 1. The summed E-state index contributed by atoms with van der Waals surface area (Å²) in [6.07, 6.45) is 3.90. The highest BCUT2D eigenvalue weighted by molar-refractivity contribution is 5.94. The van der Waals surface area contributed by atoms with E-state index in [1.165, 1.54) is 32.4 Å². The van der Waals surface area contributed by atoms with E-state index in [0.717, 1.165) is 18.8 Å². The number of anilines is 2. The highest BCUT2D eigenvalue weighted by atomic mass is 16.4. The number of carboxylic acid groups (broad SMARTS) is 1. The van der Waals surface area contributed by atoms with Crippen molar-refractivity contribution in [2.45, 2.75) is 19.3 Å². The van der Waals surface area contributed by atoms with Gasteiger partial charge in [0.05, 0.1) is 5.56 Å². The highest BCUT2D eigenvalue weighted by Gasteiger charge is 2.10. The topological polar surface area (TPSA) is 78.6 Å². The molecule has 104 valence electrons. The fourth-order valence-electron chi connectivity index (χ4n) is 2.39. The maximum Gasteiger partial charge on any atom is 0.337 e. The molecule has 2 rings (SSSR count). The van der Waals surface area contributed by atoms with Crippen LogP contribution in [0.2, 0.25) is 0 Å². The summed E-state index contributed by atoms with van der Waals surface area (Å²) in [5.74, 6) is -0.989. The summed E-state index contributed by atoms with van der Waals surface area (Å²) in [6, 6.07) is 5.04. The van der Waals surface area contributed by atoms with Crippen LogP contribution in [0.4, 0.5) is 11.4 Å². The molecule has 1 aromatic carbocycles. The third kappa shape index (κ3) is 3.86. The van der Waals surface area contributed by atoms with E-state index in [0.29, 0.717) is 5.69 Å². The largest absolute Gasteiger partial charge is 0.478 e. The van der Waals surface area contributed by atoms with Gasteiger partial charge in [0, 0.05) is 24.5 Å². The molecule has 1 heterocycles. The second-order valence-electron chi connectivity index (χ2n) is 4.94. The summed E-state index contributed by atoms with van der Waals surface area (Å²) >= 11 is 0. The molecule has 0 bridgehead atoms. The van der Waals surface area contributed by atoms with Crippen molar-refractivity contribution in [1.29, 1.82) is 0 Å². The van der Waals surface area contributed by atoms with Crippen LogP contribution >= 0.6 is 0 Å². The summed E-state index contributed by atoms with van der Waals surface area (Å²) in [7, 11) is 0. The summed E-state index contributed by atoms with van der Waals surface area (Å²) in [4.78, 5) is 13.4. The zero-order valence-electron chi connectivity index (χ0n) is 11.1. The Hall–Kier alpha value is -1.75. The van der Waals surface area contributed by atoms with Gasteiger partial charge in [0.1, 0.15) is 0 Å². The molecule has 1 aliphatic rings. The number of carboxylic acids is 1. The average molecular weight is 263 g/mol. The molecule has 19 heavy (non-hydrogen) atoms. The summed E-state index contributed by atoms with van der Waals surface area (Å²) in [5, 5.41) is 12.3. The minimum Gasteiger partial charge on any atom is -0.478 e.